The van der Waals surface area contributed by atoms with E-state index in [-0.39, 0.29) is 11.2 Å². The summed E-state index contributed by atoms with van der Waals surface area (Å²) in [4.78, 5) is 11.5. The number of benzene rings is 5. The molecule has 0 spiro atoms. The molecule has 0 radical (unpaired) electrons. The van der Waals surface area contributed by atoms with Crippen LogP contribution >= 0.6 is 11.3 Å². The predicted molar refractivity (Wildman–Crippen MR) is 186 cm³/mol. The molecule has 0 aliphatic rings. The summed E-state index contributed by atoms with van der Waals surface area (Å²) in [6.07, 6.45) is 0. The van der Waals surface area contributed by atoms with E-state index in [4.69, 9.17) is 9.97 Å². The second-order valence-electron chi connectivity index (χ2n) is 12.1. The van der Waals surface area contributed by atoms with Crippen LogP contribution in [0.15, 0.2) is 127 Å². The van der Waals surface area contributed by atoms with Gasteiger partial charge in [-0.1, -0.05) is 92.7 Å². The average molecular weight is 604 g/mol. The van der Waals surface area contributed by atoms with Crippen molar-refractivity contribution >= 4 is 42.7 Å². The summed E-state index contributed by atoms with van der Waals surface area (Å²) in [6.45, 7) is 6.62. The molecule has 45 heavy (non-hydrogen) atoms. The van der Waals surface area contributed by atoms with Crippen molar-refractivity contribution < 1.29 is 4.39 Å². The zero-order chi connectivity index (χ0) is 30.7. The molecule has 0 N–H and O–H groups in total. The molecule has 0 amide bonds. The van der Waals surface area contributed by atoms with Gasteiger partial charge in [-0.25, -0.2) is 14.4 Å². The summed E-state index contributed by atoms with van der Waals surface area (Å²) in [7, 11) is 0. The smallest absolute Gasteiger partial charge is 0.147 e. The Bertz CT molecular complexity index is 2370. The van der Waals surface area contributed by atoms with Crippen LogP contribution < -0.4 is 0 Å². The van der Waals surface area contributed by atoms with Crippen molar-refractivity contribution in [1.29, 1.82) is 0 Å². The lowest BCUT2D eigenvalue weighted by Crippen LogP contribution is -2.20. The van der Waals surface area contributed by atoms with Crippen molar-refractivity contribution in [3.63, 3.8) is 0 Å². The van der Waals surface area contributed by atoms with Crippen LogP contribution in [-0.4, -0.2) is 14.5 Å². The van der Waals surface area contributed by atoms with Gasteiger partial charge in [0.1, 0.15) is 16.5 Å². The Labute approximate surface area is 265 Å². The lowest BCUT2D eigenvalue weighted by molar-refractivity contribution is 0.620. The zero-order valence-corrected chi connectivity index (χ0v) is 26.1. The van der Waals surface area contributed by atoms with Crippen LogP contribution in [0.4, 0.5) is 4.39 Å². The molecule has 3 heterocycles. The van der Waals surface area contributed by atoms with Crippen LogP contribution in [0.25, 0.3) is 59.5 Å². The van der Waals surface area contributed by atoms with Crippen LogP contribution in [0.5, 0.6) is 0 Å². The van der Waals surface area contributed by atoms with Gasteiger partial charge in [0.2, 0.25) is 0 Å². The van der Waals surface area contributed by atoms with E-state index in [2.05, 4.69) is 79.9 Å². The Kier molecular flexibility index (Phi) is 6.40. The summed E-state index contributed by atoms with van der Waals surface area (Å²) in [5.74, 6) is 0.571. The number of nitrogens with zero attached hydrogens (tertiary/aromatic N) is 3. The minimum Gasteiger partial charge on any atom is -0.292 e. The van der Waals surface area contributed by atoms with Crippen LogP contribution in [0.3, 0.4) is 0 Å². The number of aryl methyl sites for hydroxylation is 1. The molecular weight excluding hydrogens is 574 g/mol. The van der Waals surface area contributed by atoms with E-state index >= 15 is 4.39 Å². The average Bonchev–Trinajstić information content (AvgIpc) is 3.65. The summed E-state index contributed by atoms with van der Waals surface area (Å²) in [5.41, 5.74) is 8.38. The highest BCUT2D eigenvalue weighted by Crippen LogP contribution is 2.43. The SMILES string of the molecule is Cc1ccc(-c2nc3ccccc3n2-c2ccc(F)c(-c3ccccc3)c2)c2sc3nc(C(C)(C)c4ccccc4)ccc3c12. The van der Waals surface area contributed by atoms with Gasteiger partial charge in [0.15, 0.2) is 0 Å². The number of thiophene rings is 1. The van der Waals surface area contributed by atoms with Gasteiger partial charge in [0.25, 0.3) is 0 Å². The molecule has 0 bridgehead atoms. The van der Waals surface area contributed by atoms with Gasteiger partial charge in [-0.05, 0) is 72.1 Å². The molecule has 8 aromatic rings. The number of hydrogen-bond acceptors (Lipinski definition) is 3. The number of hydrogen-bond donors (Lipinski definition) is 0. The van der Waals surface area contributed by atoms with E-state index in [0.717, 1.165) is 54.3 Å². The zero-order valence-electron chi connectivity index (χ0n) is 25.3. The van der Waals surface area contributed by atoms with Crippen molar-refractivity contribution in [2.24, 2.45) is 0 Å². The molecule has 0 aliphatic carbocycles. The highest BCUT2D eigenvalue weighted by atomic mass is 32.1. The summed E-state index contributed by atoms with van der Waals surface area (Å²) < 4.78 is 18.5. The van der Waals surface area contributed by atoms with Crippen molar-refractivity contribution in [2.45, 2.75) is 26.2 Å². The number of rotatable bonds is 5. The molecule has 0 saturated carbocycles. The molecule has 0 aliphatic heterocycles. The fraction of sp³-hybridized carbons (Fsp3) is 0.100. The van der Waals surface area contributed by atoms with E-state index in [1.165, 1.54) is 16.5 Å². The van der Waals surface area contributed by atoms with E-state index in [1.54, 1.807) is 17.4 Å². The van der Waals surface area contributed by atoms with Crippen molar-refractivity contribution in [3.8, 4) is 28.2 Å². The lowest BCUT2D eigenvalue weighted by Gasteiger charge is -2.24. The van der Waals surface area contributed by atoms with E-state index < -0.39 is 0 Å². The van der Waals surface area contributed by atoms with Crippen LogP contribution in [0, 0.1) is 12.7 Å². The van der Waals surface area contributed by atoms with Crippen LogP contribution in [0.1, 0.15) is 30.7 Å². The first-order chi connectivity index (χ1) is 21.9. The van der Waals surface area contributed by atoms with Gasteiger partial charge in [-0.3, -0.25) is 4.57 Å². The fourth-order valence-electron chi connectivity index (χ4n) is 6.41. The van der Waals surface area contributed by atoms with Gasteiger partial charge in [-0.2, -0.15) is 0 Å². The second kappa shape index (κ2) is 10.5. The maximum atomic E-state index is 15.2. The van der Waals surface area contributed by atoms with Crippen molar-refractivity contribution in [2.75, 3.05) is 0 Å². The molecule has 0 fully saturated rings. The topological polar surface area (TPSA) is 30.7 Å². The standard InChI is InChI=1S/C40H30FN3S/c1-25-18-20-30(37-36(25)29-21-23-35(43-39(29)45-37)40(2,3)27-14-8-5-9-15-27)38-42-33-16-10-11-17-34(33)44(38)28-19-22-32(41)31(24-28)26-12-6-4-7-13-26/h4-24H,1-3H3. The maximum Gasteiger partial charge on any atom is 0.147 e. The minimum atomic E-state index is -0.251. The number of pyridine rings is 1. The molecule has 3 aromatic heterocycles. The number of para-hydroxylation sites is 2. The summed E-state index contributed by atoms with van der Waals surface area (Å²) in [5, 5.41) is 2.35. The Morgan fingerprint density at radius 2 is 1.44 bits per heavy atom. The Morgan fingerprint density at radius 3 is 2.24 bits per heavy atom. The molecule has 5 aromatic carbocycles. The quantitative estimate of drug-likeness (QED) is 0.196. The Morgan fingerprint density at radius 1 is 0.711 bits per heavy atom. The fourth-order valence-corrected chi connectivity index (χ4v) is 7.67. The first kappa shape index (κ1) is 27.4. The van der Waals surface area contributed by atoms with Crippen LogP contribution in [0.2, 0.25) is 0 Å². The number of imidazole rings is 1. The molecule has 0 atom stereocenters. The highest BCUT2D eigenvalue weighted by molar-refractivity contribution is 7.26. The molecule has 8 rings (SSSR count). The molecule has 0 unspecified atom stereocenters. The third-order valence-corrected chi connectivity index (χ3v) is 10.1. The van der Waals surface area contributed by atoms with Gasteiger partial charge < -0.3 is 0 Å². The largest absolute Gasteiger partial charge is 0.292 e. The van der Waals surface area contributed by atoms with E-state index in [1.807, 2.05) is 66.7 Å². The first-order valence-electron chi connectivity index (χ1n) is 15.1. The van der Waals surface area contributed by atoms with Crippen molar-refractivity contribution in [1.82, 2.24) is 14.5 Å². The van der Waals surface area contributed by atoms with E-state index in [9.17, 15) is 0 Å². The highest BCUT2D eigenvalue weighted by Gasteiger charge is 2.26. The third kappa shape index (κ3) is 4.46. The maximum absolute atomic E-state index is 15.2. The molecule has 218 valence electrons. The summed E-state index contributed by atoms with van der Waals surface area (Å²) >= 11 is 1.71. The summed E-state index contributed by atoms with van der Waals surface area (Å²) in [6, 6.07) is 42.5. The molecule has 3 nitrogen and oxygen atoms in total. The Balaban J connectivity index is 1.36. The molecule has 0 saturated heterocycles. The predicted octanol–water partition coefficient (Wildman–Crippen LogP) is 10.9. The minimum absolute atomic E-state index is 0.240. The second-order valence-corrected chi connectivity index (χ2v) is 13.1. The molecule has 5 heteroatoms. The van der Waals surface area contributed by atoms with Crippen LogP contribution in [-0.2, 0) is 5.41 Å². The lowest BCUT2D eigenvalue weighted by atomic mass is 9.81. The third-order valence-electron chi connectivity index (χ3n) is 8.92. The van der Waals surface area contributed by atoms with Gasteiger partial charge in [0, 0.05) is 37.7 Å². The Hall–Kier alpha value is -5.13. The van der Waals surface area contributed by atoms with Gasteiger partial charge >= 0.3 is 0 Å². The number of halogens is 1. The molecular formula is C40H30FN3S. The van der Waals surface area contributed by atoms with E-state index in [0.29, 0.717) is 5.56 Å². The monoisotopic (exact) mass is 603 g/mol. The van der Waals surface area contributed by atoms with Gasteiger partial charge in [-0.15, -0.1) is 11.3 Å². The normalized spacial score (nSPS) is 12.0. The number of aromatic nitrogens is 3. The first-order valence-corrected chi connectivity index (χ1v) is 15.9. The van der Waals surface area contributed by atoms with Gasteiger partial charge in [0.05, 0.1) is 16.7 Å². The number of fused-ring (bicyclic) bond motifs is 4. The van der Waals surface area contributed by atoms with Crippen molar-refractivity contribution in [3.05, 3.63) is 150 Å².